The monoisotopic (exact) mass is 288 g/mol. The zero-order valence-electron chi connectivity index (χ0n) is 8.81. The van der Waals surface area contributed by atoms with Gasteiger partial charge in [0.25, 0.3) is 5.56 Å². The minimum atomic E-state index is -0.594. The lowest BCUT2D eigenvalue weighted by molar-refractivity contribution is -0.122. The molecular formula is C10H13BrN2O3. The maximum Gasteiger partial charge on any atom is 0.251 e. The van der Waals surface area contributed by atoms with E-state index in [1.54, 1.807) is 19.2 Å². The van der Waals surface area contributed by atoms with Gasteiger partial charge in [0.05, 0.1) is 6.10 Å². The van der Waals surface area contributed by atoms with Gasteiger partial charge in [-0.1, -0.05) is 0 Å². The topological polar surface area (TPSA) is 71.3 Å². The third-order valence-electron chi connectivity index (χ3n) is 1.86. The van der Waals surface area contributed by atoms with E-state index in [-0.39, 0.29) is 24.6 Å². The van der Waals surface area contributed by atoms with Crippen molar-refractivity contribution in [2.75, 3.05) is 6.54 Å². The number of rotatable bonds is 4. The first kappa shape index (κ1) is 12.9. The van der Waals surface area contributed by atoms with Crippen molar-refractivity contribution in [1.82, 2.24) is 9.88 Å². The van der Waals surface area contributed by atoms with Gasteiger partial charge in [-0.2, -0.15) is 0 Å². The fourth-order valence-electron chi connectivity index (χ4n) is 1.10. The standard InChI is InChI=1S/C10H13BrN2O3/c1-7(14)4-12-9(15)6-13-5-8(11)2-3-10(13)16/h2-3,5,7,14H,4,6H2,1H3,(H,12,15)/t7-/m1/s1. The highest BCUT2D eigenvalue weighted by Gasteiger charge is 2.05. The maximum absolute atomic E-state index is 11.4. The molecule has 1 aromatic rings. The Labute approximate surface area is 101 Å². The van der Waals surface area contributed by atoms with E-state index in [1.807, 2.05) is 0 Å². The number of halogens is 1. The van der Waals surface area contributed by atoms with E-state index in [0.29, 0.717) is 0 Å². The number of aromatic nitrogens is 1. The van der Waals surface area contributed by atoms with E-state index < -0.39 is 6.10 Å². The number of pyridine rings is 1. The van der Waals surface area contributed by atoms with E-state index in [9.17, 15) is 9.59 Å². The molecule has 16 heavy (non-hydrogen) atoms. The first-order valence-electron chi connectivity index (χ1n) is 4.80. The van der Waals surface area contributed by atoms with Crippen molar-refractivity contribution in [3.63, 3.8) is 0 Å². The second kappa shape index (κ2) is 5.81. The van der Waals surface area contributed by atoms with Gasteiger partial charge in [0.1, 0.15) is 6.54 Å². The molecule has 1 amide bonds. The van der Waals surface area contributed by atoms with Gasteiger partial charge in [0.15, 0.2) is 0 Å². The molecule has 0 saturated carbocycles. The van der Waals surface area contributed by atoms with Crippen LogP contribution >= 0.6 is 15.9 Å². The Balaban J connectivity index is 2.62. The third kappa shape index (κ3) is 4.16. The van der Waals surface area contributed by atoms with Gasteiger partial charge in [-0.3, -0.25) is 9.59 Å². The van der Waals surface area contributed by atoms with Crippen LogP contribution in [0.2, 0.25) is 0 Å². The zero-order valence-corrected chi connectivity index (χ0v) is 10.4. The molecule has 0 bridgehead atoms. The molecule has 0 radical (unpaired) electrons. The van der Waals surface area contributed by atoms with Crippen LogP contribution in [-0.2, 0) is 11.3 Å². The van der Waals surface area contributed by atoms with Crippen molar-refractivity contribution in [3.8, 4) is 0 Å². The van der Waals surface area contributed by atoms with Crippen LogP contribution in [0.3, 0.4) is 0 Å². The smallest absolute Gasteiger partial charge is 0.251 e. The number of aliphatic hydroxyl groups excluding tert-OH is 1. The average molecular weight is 289 g/mol. The minimum Gasteiger partial charge on any atom is -0.392 e. The van der Waals surface area contributed by atoms with Gasteiger partial charge in [0, 0.05) is 23.3 Å². The molecule has 0 saturated heterocycles. The Morgan fingerprint density at radius 3 is 2.94 bits per heavy atom. The second-order valence-electron chi connectivity index (χ2n) is 3.47. The summed E-state index contributed by atoms with van der Waals surface area (Å²) in [5, 5.41) is 11.5. The largest absolute Gasteiger partial charge is 0.392 e. The SMILES string of the molecule is C[C@@H](O)CNC(=O)Cn1cc(Br)ccc1=O. The van der Waals surface area contributed by atoms with Crippen molar-refractivity contribution in [3.05, 3.63) is 33.2 Å². The van der Waals surface area contributed by atoms with Crippen molar-refractivity contribution < 1.29 is 9.90 Å². The molecule has 0 aliphatic carbocycles. The number of hydrogen-bond donors (Lipinski definition) is 2. The molecule has 0 aliphatic rings. The molecule has 1 atom stereocenters. The number of hydrogen-bond acceptors (Lipinski definition) is 3. The van der Waals surface area contributed by atoms with Gasteiger partial charge in [-0.15, -0.1) is 0 Å². The van der Waals surface area contributed by atoms with Crippen LogP contribution in [0.5, 0.6) is 0 Å². The lowest BCUT2D eigenvalue weighted by atomic mass is 10.4. The van der Waals surface area contributed by atoms with E-state index in [1.165, 1.54) is 10.6 Å². The van der Waals surface area contributed by atoms with Crippen LogP contribution in [0.1, 0.15) is 6.92 Å². The molecule has 1 aromatic heterocycles. The summed E-state index contributed by atoms with van der Waals surface area (Å²) in [6, 6.07) is 3.00. The lowest BCUT2D eigenvalue weighted by Crippen LogP contribution is -2.35. The predicted octanol–water partition coefficient (Wildman–Crippen LogP) is 0.108. The van der Waals surface area contributed by atoms with Crippen LogP contribution in [-0.4, -0.2) is 28.2 Å². The van der Waals surface area contributed by atoms with Crippen LogP contribution < -0.4 is 10.9 Å². The molecule has 1 rings (SSSR count). The summed E-state index contributed by atoms with van der Waals surface area (Å²) < 4.78 is 2.02. The Hall–Kier alpha value is -1.14. The summed E-state index contributed by atoms with van der Waals surface area (Å²) in [5.74, 6) is -0.305. The number of nitrogens with zero attached hydrogens (tertiary/aromatic N) is 1. The molecule has 0 unspecified atom stereocenters. The number of amides is 1. The summed E-state index contributed by atoms with van der Waals surface area (Å²) in [7, 11) is 0. The number of aliphatic hydroxyl groups is 1. The fraction of sp³-hybridized carbons (Fsp3) is 0.400. The number of carbonyl (C=O) groups excluding carboxylic acids is 1. The van der Waals surface area contributed by atoms with E-state index in [2.05, 4.69) is 21.2 Å². The summed E-state index contributed by atoms with van der Waals surface area (Å²) in [6.07, 6.45) is 0.952. The van der Waals surface area contributed by atoms with Crippen LogP contribution in [0.4, 0.5) is 0 Å². The van der Waals surface area contributed by atoms with Gasteiger partial charge >= 0.3 is 0 Å². The first-order valence-corrected chi connectivity index (χ1v) is 5.59. The lowest BCUT2D eigenvalue weighted by Gasteiger charge is -2.08. The van der Waals surface area contributed by atoms with E-state index in [4.69, 9.17) is 5.11 Å². The van der Waals surface area contributed by atoms with Crippen molar-refractivity contribution in [1.29, 1.82) is 0 Å². The van der Waals surface area contributed by atoms with E-state index >= 15 is 0 Å². The second-order valence-corrected chi connectivity index (χ2v) is 4.38. The number of carbonyl (C=O) groups is 1. The molecule has 0 fully saturated rings. The van der Waals surface area contributed by atoms with E-state index in [0.717, 1.165) is 4.47 Å². The molecule has 2 N–H and O–H groups in total. The minimum absolute atomic E-state index is 0.0506. The first-order chi connectivity index (χ1) is 7.49. The third-order valence-corrected chi connectivity index (χ3v) is 2.33. The molecule has 0 aromatic carbocycles. The molecular weight excluding hydrogens is 276 g/mol. The highest BCUT2D eigenvalue weighted by molar-refractivity contribution is 9.10. The molecule has 5 nitrogen and oxygen atoms in total. The highest BCUT2D eigenvalue weighted by atomic mass is 79.9. The Morgan fingerprint density at radius 1 is 1.62 bits per heavy atom. The van der Waals surface area contributed by atoms with Gasteiger partial charge < -0.3 is 15.0 Å². The normalized spacial score (nSPS) is 12.2. The van der Waals surface area contributed by atoms with Crippen molar-refractivity contribution >= 4 is 21.8 Å². The van der Waals surface area contributed by atoms with Crippen molar-refractivity contribution in [2.24, 2.45) is 0 Å². The Kier molecular flexibility index (Phi) is 4.70. The highest BCUT2D eigenvalue weighted by Crippen LogP contribution is 2.04. The Morgan fingerprint density at radius 2 is 2.31 bits per heavy atom. The quantitative estimate of drug-likeness (QED) is 0.826. The maximum atomic E-state index is 11.4. The predicted molar refractivity (Wildman–Crippen MR) is 63.1 cm³/mol. The summed E-state index contributed by atoms with van der Waals surface area (Å²) in [5.41, 5.74) is -0.240. The molecule has 0 spiro atoms. The Bertz CT molecular complexity index is 428. The van der Waals surface area contributed by atoms with Crippen molar-refractivity contribution in [2.45, 2.75) is 19.6 Å². The molecule has 6 heteroatoms. The molecule has 0 aliphatic heterocycles. The summed E-state index contributed by atoms with van der Waals surface area (Å²) in [6.45, 7) is 1.71. The summed E-state index contributed by atoms with van der Waals surface area (Å²) >= 11 is 3.22. The van der Waals surface area contributed by atoms with Crippen LogP contribution in [0, 0.1) is 0 Å². The average Bonchev–Trinajstić information content (AvgIpc) is 2.20. The van der Waals surface area contributed by atoms with Gasteiger partial charge in [0.2, 0.25) is 5.91 Å². The van der Waals surface area contributed by atoms with Crippen LogP contribution in [0.15, 0.2) is 27.6 Å². The van der Waals surface area contributed by atoms with Crippen LogP contribution in [0.25, 0.3) is 0 Å². The van der Waals surface area contributed by atoms with Gasteiger partial charge in [-0.25, -0.2) is 0 Å². The number of nitrogens with one attached hydrogen (secondary N) is 1. The molecule has 1 heterocycles. The summed E-state index contributed by atoms with van der Waals surface area (Å²) in [4.78, 5) is 22.7. The van der Waals surface area contributed by atoms with Gasteiger partial charge in [-0.05, 0) is 28.9 Å². The fourth-order valence-corrected chi connectivity index (χ4v) is 1.48. The molecule has 88 valence electrons. The zero-order chi connectivity index (χ0) is 12.1.